The Bertz CT molecular complexity index is 402. The quantitative estimate of drug-likeness (QED) is 0.803. The van der Waals surface area contributed by atoms with Gasteiger partial charge in [0.25, 0.3) is 0 Å². The van der Waals surface area contributed by atoms with Crippen molar-refractivity contribution in [3.8, 4) is 0 Å². The van der Waals surface area contributed by atoms with E-state index in [2.05, 4.69) is 12.2 Å². The first kappa shape index (κ1) is 14.1. The molecule has 113 valence electrons. The summed E-state index contributed by atoms with van der Waals surface area (Å²) in [4.78, 5) is 12.0. The Morgan fingerprint density at radius 3 is 2.25 bits per heavy atom. The number of alkyl carbamates (subject to hydrolysis) is 1. The SMILES string of the molecule is CC(C)(C)OC(=O)NC1[C@@H]2CC3C[C@H]1CC(C)(C2)N3[O]. The van der Waals surface area contributed by atoms with E-state index >= 15 is 0 Å². The molecule has 0 aromatic heterocycles. The maximum atomic E-state index is 12.2. The van der Waals surface area contributed by atoms with Crippen LogP contribution in [0, 0.1) is 11.8 Å². The molecule has 2 saturated carbocycles. The van der Waals surface area contributed by atoms with E-state index in [1.165, 1.54) is 5.06 Å². The lowest BCUT2D eigenvalue weighted by atomic mass is 9.57. The second-order valence-electron chi connectivity index (χ2n) is 8.05. The van der Waals surface area contributed by atoms with E-state index in [1.807, 2.05) is 20.8 Å². The number of amides is 1. The number of hydrogen-bond acceptors (Lipinski definition) is 3. The Morgan fingerprint density at radius 2 is 1.80 bits per heavy atom. The number of nitrogens with zero attached hydrogens (tertiary/aromatic N) is 1. The molecule has 2 aliphatic heterocycles. The van der Waals surface area contributed by atoms with Gasteiger partial charge in [0.15, 0.2) is 0 Å². The lowest BCUT2D eigenvalue weighted by molar-refractivity contribution is -0.311. The van der Waals surface area contributed by atoms with Gasteiger partial charge < -0.3 is 10.1 Å². The van der Waals surface area contributed by atoms with Gasteiger partial charge in [0.1, 0.15) is 5.60 Å². The van der Waals surface area contributed by atoms with Crippen LogP contribution in [0.5, 0.6) is 0 Å². The summed E-state index contributed by atoms with van der Waals surface area (Å²) in [6.07, 6.45) is 3.29. The van der Waals surface area contributed by atoms with Crippen molar-refractivity contribution < 1.29 is 14.7 Å². The molecule has 5 atom stereocenters. The highest BCUT2D eigenvalue weighted by atomic mass is 16.6. The van der Waals surface area contributed by atoms with Crippen LogP contribution in [0.1, 0.15) is 53.4 Å². The minimum atomic E-state index is -0.464. The molecule has 2 heterocycles. The van der Waals surface area contributed by atoms with Crippen LogP contribution < -0.4 is 5.32 Å². The van der Waals surface area contributed by atoms with Crippen molar-refractivity contribution in [1.29, 1.82) is 0 Å². The first-order valence-corrected chi connectivity index (χ1v) is 7.64. The third-order valence-electron chi connectivity index (χ3n) is 5.12. The summed E-state index contributed by atoms with van der Waals surface area (Å²) in [5.74, 6) is 0.852. The number of ether oxygens (including phenoxy) is 1. The highest BCUT2D eigenvalue weighted by Crippen LogP contribution is 2.53. The molecule has 0 aromatic rings. The van der Waals surface area contributed by atoms with Crippen LogP contribution in [-0.2, 0) is 9.94 Å². The zero-order valence-corrected chi connectivity index (χ0v) is 12.8. The van der Waals surface area contributed by atoms with Gasteiger partial charge >= 0.3 is 6.09 Å². The molecule has 2 aliphatic carbocycles. The van der Waals surface area contributed by atoms with Gasteiger partial charge in [0, 0.05) is 17.6 Å². The Morgan fingerprint density at radius 1 is 1.25 bits per heavy atom. The van der Waals surface area contributed by atoms with Crippen molar-refractivity contribution in [2.75, 3.05) is 0 Å². The third-order valence-corrected chi connectivity index (χ3v) is 5.12. The van der Waals surface area contributed by atoms with Gasteiger partial charge in [-0.25, -0.2) is 4.79 Å². The van der Waals surface area contributed by atoms with Crippen LogP contribution in [0.4, 0.5) is 4.79 Å². The van der Waals surface area contributed by atoms with Crippen LogP contribution in [0.2, 0.25) is 0 Å². The molecule has 0 aromatic carbocycles. The monoisotopic (exact) mass is 281 g/mol. The summed E-state index contributed by atoms with van der Waals surface area (Å²) in [6, 6.07) is 0.345. The van der Waals surface area contributed by atoms with E-state index in [1.54, 1.807) is 0 Å². The molecule has 5 heteroatoms. The number of nitrogens with one attached hydrogen (secondary N) is 1. The van der Waals surface area contributed by atoms with Gasteiger partial charge in [0.05, 0.1) is 0 Å². The van der Waals surface area contributed by atoms with Crippen molar-refractivity contribution >= 4 is 6.09 Å². The maximum absolute atomic E-state index is 12.2. The predicted octanol–water partition coefficient (Wildman–Crippen LogP) is 2.49. The number of hydroxylamine groups is 2. The largest absolute Gasteiger partial charge is 0.444 e. The highest BCUT2D eigenvalue weighted by Gasteiger charge is 2.58. The zero-order valence-electron chi connectivity index (χ0n) is 12.8. The fraction of sp³-hybridized carbons (Fsp3) is 0.933. The Kier molecular flexibility index (Phi) is 3.07. The predicted molar refractivity (Wildman–Crippen MR) is 73.3 cm³/mol. The van der Waals surface area contributed by atoms with E-state index in [-0.39, 0.29) is 23.7 Å². The fourth-order valence-electron chi connectivity index (χ4n) is 4.60. The van der Waals surface area contributed by atoms with E-state index in [9.17, 15) is 10.0 Å². The number of carbonyl (C=O) groups excluding carboxylic acids is 1. The molecular weight excluding hydrogens is 256 g/mol. The minimum absolute atomic E-state index is 0.161. The van der Waals surface area contributed by atoms with Crippen molar-refractivity contribution in [3.63, 3.8) is 0 Å². The molecule has 4 rings (SSSR count). The van der Waals surface area contributed by atoms with E-state index in [0.717, 1.165) is 25.7 Å². The van der Waals surface area contributed by atoms with E-state index in [4.69, 9.17) is 4.74 Å². The third kappa shape index (κ3) is 2.31. The molecule has 0 spiro atoms. The van der Waals surface area contributed by atoms with Crippen LogP contribution in [0.15, 0.2) is 0 Å². The standard InChI is InChI=1S/C15H25N2O3/c1-14(2,3)20-13(18)16-12-9-5-11-6-10(12)8-15(4,7-9)17(11)19/h9-12H,5-8H2,1-4H3,(H,16,18)/t9-,10+,11?,12?,15?. The van der Waals surface area contributed by atoms with Crippen molar-refractivity contribution in [2.45, 2.75) is 76.6 Å². The second-order valence-corrected chi connectivity index (χ2v) is 8.05. The van der Waals surface area contributed by atoms with Crippen LogP contribution in [-0.4, -0.2) is 34.4 Å². The summed E-state index contributed by atoms with van der Waals surface area (Å²) in [6.45, 7) is 7.70. The summed E-state index contributed by atoms with van der Waals surface area (Å²) >= 11 is 0. The van der Waals surface area contributed by atoms with Gasteiger partial charge in [-0.05, 0) is 65.2 Å². The number of carbonyl (C=O) groups is 1. The summed E-state index contributed by atoms with van der Waals surface area (Å²) in [5, 5.41) is 16.6. The zero-order chi connectivity index (χ0) is 14.7. The highest BCUT2D eigenvalue weighted by molar-refractivity contribution is 5.68. The van der Waals surface area contributed by atoms with Crippen LogP contribution >= 0.6 is 0 Å². The van der Waals surface area contributed by atoms with Crippen LogP contribution in [0.3, 0.4) is 0 Å². The van der Waals surface area contributed by atoms with Crippen molar-refractivity contribution in [1.82, 2.24) is 10.4 Å². The number of piperidine rings is 2. The van der Waals surface area contributed by atoms with Crippen molar-refractivity contribution in [3.05, 3.63) is 0 Å². The Balaban J connectivity index is 1.68. The smallest absolute Gasteiger partial charge is 0.407 e. The van der Waals surface area contributed by atoms with Crippen LogP contribution in [0.25, 0.3) is 0 Å². The summed E-state index contributed by atoms with van der Waals surface area (Å²) in [5.41, 5.74) is -0.670. The number of rotatable bonds is 1. The average Bonchev–Trinajstić information content (AvgIpc) is 2.25. The molecule has 1 amide bonds. The van der Waals surface area contributed by atoms with Gasteiger partial charge in [0.2, 0.25) is 0 Å². The summed E-state index contributed by atoms with van der Waals surface area (Å²) < 4.78 is 5.37. The topological polar surface area (TPSA) is 61.5 Å². The second kappa shape index (κ2) is 4.34. The molecule has 4 bridgehead atoms. The molecule has 1 radical (unpaired) electrons. The Hall–Kier alpha value is -0.810. The van der Waals surface area contributed by atoms with Gasteiger partial charge in [-0.3, -0.25) is 0 Å². The van der Waals surface area contributed by atoms with Gasteiger partial charge in [-0.15, -0.1) is 10.3 Å². The molecule has 1 N–H and O–H groups in total. The molecule has 20 heavy (non-hydrogen) atoms. The molecule has 4 fully saturated rings. The molecule has 4 aliphatic rings. The number of hydrogen-bond donors (Lipinski definition) is 1. The first-order chi connectivity index (χ1) is 9.18. The van der Waals surface area contributed by atoms with Gasteiger partial charge in [-0.1, -0.05) is 0 Å². The minimum Gasteiger partial charge on any atom is -0.444 e. The summed E-state index contributed by atoms with van der Waals surface area (Å²) in [7, 11) is 0. The van der Waals surface area contributed by atoms with Crippen molar-refractivity contribution in [2.24, 2.45) is 11.8 Å². The van der Waals surface area contributed by atoms with Gasteiger partial charge in [-0.2, -0.15) is 0 Å². The fourth-order valence-corrected chi connectivity index (χ4v) is 4.60. The Labute approximate surface area is 120 Å². The maximum Gasteiger partial charge on any atom is 0.407 e. The van der Waals surface area contributed by atoms with E-state index in [0.29, 0.717) is 11.8 Å². The lowest BCUT2D eigenvalue weighted by Gasteiger charge is -2.61. The normalized spacial score (nSPS) is 43.6. The first-order valence-electron chi connectivity index (χ1n) is 7.64. The lowest BCUT2D eigenvalue weighted by Crippen LogP contribution is -2.69. The molecule has 3 unspecified atom stereocenters. The molecule has 2 saturated heterocycles. The van der Waals surface area contributed by atoms with E-state index < -0.39 is 5.60 Å². The molecule has 5 nitrogen and oxygen atoms in total. The molecular formula is C15H25N2O3. The average molecular weight is 281 g/mol.